The summed E-state index contributed by atoms with van der Waals surface area (Å²) < 4.78 is 1.88. The molecule has 1 heterocycles. The van der Waals surface area contributed by atoms with Crippen LogP contribution in [0.4, 0.5) is 0 Å². The predicted molar refractivity (Wildman–Crippen MR) is 149 cm³/mol. The van der Waals surface area contributed by atoms with Crippen LogP contribution in [0.15, 0.2) is 72.9 Å². The Kier molecular flexibility index (Phi) is 7.55. The Balaban J connectivity index is 1.39. The third-order valence-corrected chi connectivity index (χ3v) is 7.34. The highest BCUT2D eigenvalue weighted by Crippen LogP contribution is 2.28. The molecule has 5 rings (SSSR count). The van der Waals surface area contributed by atoms with Gasteiger partial charge in [0.15, 0.2) is 0 Å². The standard InChI is InChI=1S/C32H31N3O3/c1-2-6-26-15-18-28(32(38)34-27-16-11-22(12-17-27)19-30(36)37)31-29(26)20-33-35(31)21-23-9-13-25(14-10-23)24-7-4-3-5-8-24/h3-5,7-10,13-15,18,20,22,27H,11-12,16-17,19,21H2,1H3,(H,34,38)(H,36,37). The Bertz CT molecular complexity index is 1500. The number of carboxylic acid groups (broad SMARTS) is 1. The molecule has 0 saturated heterocycles. The van der Waals surface area contributed by atoms with Gasteiger partial charge >= 0.3 is 5.97 Å². The van der Waals surface area contributed by atoms with E-state index in [1.165, 1.54) is 5.56 Å². The first-order valence-corrected chi connectivity index (χ1v) is 13.1. The Morgan fingerprint density at radius 1 is 0.974 bits per heavy atom. The van der Waals surface area contributed by atoms with Crippen molar-refractivity contribution in [2.24, 2.45) is 5.92 Å². The van der Waals surface area contributed by atoms with Crippen LogP contribution >= 0.6 is 0 Å². The van der Waals surface area contributed by atoms with Crippen molar-refractivity contribution in [1.82, 2.24) is 15.1 Å². The van der Waals surface area contributed by atoms with Crippen molar-refractivity contribution in [2.45, 2.75) is 51.6 Å². The summed E-state index contributed by atoms with van der Waals surface area (Å²) in [5, 5.41) is 17.8. The van der Waals surface area contributed by atoms with Crippen LogP contribution in [0.3, 0.4) is 0 Å². The average Bonchev–Trinajstić information content (AvgIpc) is 3.35. The smallest absolute Gasteiger partial charge is 0.303 e. The van der Waals surface area contributed by atoms with Gasteiger partial charge in [0.25, 0.3) is 5.91 Å². The van der Waals surface area contributed by atoms with Gasteiger partial charge in [-0.3, -0.25) is 14.3 Å². The Morgan fingerprint density at radius 2 is 1.68 bits per heavy atom. The van der Waals surface area contributed by atoms with Crippen LogP contribution in [0.25, 0.3) is 22.0 Å². The number of aromatic nitrogens is 2. The SMILES string of the molecule is CC#Cc1ccc(C(=O)NC2CCC(CC(=O)O)CC2)c2c1cnn2Cc1ccc(-c2ccccc2)cc1. The number of carboxylic acids is 1. The van der Waals surface area contributed by atoms with E-state index in [2.05, 4.69) is 58.7 Å². The van der Waals surface area contributed by atoms with Crippen LogP contribution < -0.4 is 5.32 Å². The summed E-state index contributed by atoms with van der Waals surface area (Å²) in [6, 6.07) is 22.4. The summed E-state index contributed by atoms with van der Waals surface area (Å²) >= 11 is 0. The van der Waals surface area contributed by atoms with E-state index in [9.17, 15) is 9.59 Å². The number of benzene rings is 3. The Hall–Kier alpha value is -4.37. The molecule has 0 unspecified atom stereocenters. The van der Waals surface area contributed by atoms with E-state index in [-0.39, 0.29) is 24.3 Å². The molecule has 1 amide bonds. The second-order valence-electron chi connectivity index (χ2n) is 9.95. The highest BCUT2D eigenvalue weighted by molar-refractivity contribution is 6.07. The second-order valence-corrected chi connectivity index (χ2v) is 9.95. The maximum atomic E-state index is 13.5. The van der Waals surface area contributed by atoms with Gasteiger partial charge in [-0.05, 0) is 67.3 Å². The molecular formula is C32H31N3O3. The van der Waals surface area contributed by atoms with Gasteiger partial charge in [-0.25, -0.2) is 0 Å². The number of aliphatic carboxylic acids is 1. The fraction of sp³-hybridized carbons (Fsp3) is 0.281. The molecule has 3 aromatic carbocycles. The van der Waals surface area contributed by atoms with Crippen molar-refractivity contribution < 1.29 is 14.7 Å². The molecule has 1 aromatic heterocycles. The Labute approximate surface area is 222 Å². The molecule has 6 heteroatoms. The van der Waals surface area contributed by atoms with Crippen LogP contribution in [-0.4, -0.2) is 32.8 Å². The number of hydrogen-bond donors (Lipinski definition) is 2. The number of nitrogens with zero attached hydrogens (tertiary/aromatic N) is 2. The first-order chi connectivity index (χ1) is 18.5. The lowest BCUT2D eigenvalue weighted by molar-refractivity contribution is -0.138. The minimum absolute atomic E-state index is 0.0413. The number of fused-ring (bicyclic) bond motifs is 1. The monoisotopic (exact) mass is 505 g/mol. The topological polar surface area (TPSA) is 84.2 Å². The van der Waals surface area contributed by atoms with Gasteiger partial charge < -0.3 is 10.4 Å². The number of rotatable bonds is 7. The van der Waals surface area contributed by atoms with Crippen LogP contribution in [0, 0.1) is 17.8 Å². The number of nitrogens with one attached hydrogen (secondary N) is 1. The first kappa shape index (κ1) is 25.3. The highest BCUT2D eigenvalue weighted by atomic mass is 16.4. The molecular weight excluding hydrogens is 474 g/mol. The van der Waals surface area contributed by atoms with Crippen molar-refractivity contribution in [1.29, 1.82) is 0 Å². The molecule has 1 saturated carbocycles. The maximum absolute atomic E-state index is 13.5. The molecule has 0 spiro atoms. The van der Waals surface area contributed by atoms with Crippen LogP contribution in [0.1, 0.15) is 60.5 Å². The molecule has 0 bridgehead atoms. The van der Waals surface area contributed by atoms with Gasteiger partial charge in [0.1, 0.15) is 0 Å². The van der Waals surface area contributed by atoms with Crippen LogP contribution in [0.2, 0.25) is 0 Å². The van der Waals surface area contributed by atoms with Gasteiger partial charge in [-0.2, -0.15) is 5.10 Å². The lowest BCUT2D eigenvalue weighted by Gasteiger charge is -2.28. The summed E-state index contributed by atoms with van der Waals surface area (Å²) in [6.45, 7) is 2.33. The van der Waals surface area contributed by atoms with Crippen molar-refractivity contribution in [2.75, 3.05) is 0 Å². The van der Waals surface area contributed by atoms with Gasteiger partial charge in [-0.15, -0.1) is 5.92 Å². The summed E-state index contributed by atoms with van der Waals surface area (Å²) in [4.78, 5) is 24.5. The van der Waals surface area contributed by atoms with Crippen molar-refractivity contribution in [3.63, 3.8) is 0 Å². The summed E-state index contributed by atoms with van der Waals surface area (Å²) in [5.74, 6) is 5.40. The molecule has 1 fully saturated rings. The van der Waals surface area contributed by atoms with E-state index < -0.39 is 5.97 Å². The van der Waals surface area contributed by atoms with Gasteiger partial charge in [0.2, 0.25) is 0 Å². The normalized spacial score (nSPS) is 17.0. The van der Waals surface area contributed by atoms with E-state index in [4.69, 9.17) is 5.11 Å². The van der Waals surface area contributed by atoms with Crippen molar-refractivity contribution in [3.05, 3.63) is 89.6 Å². The minimum Gasteiger partial charge on any atom is -0.481 e. The summed E-state index contributed by atoms with van der Waals surface area (Å²) in [6.07, 6.45) is 5.20. The van der Waals surface area contributed by atoms with E-state index in [0.717, 1.165) is 53.3 Å². The molecule has 1 aliphatic carbocycles. The first-order valence-electron chi connectivity index (χ1n) is 13.1. The largest absolute Gasteiger partial charge is 0.481 e. The van der Waals surface area contributed by atoms with E-state index >= 15 is 0 Å². The zero-order valence-corrected chi connectivity index (χ0v) is 21.5. The lowest BCUT2D eigenvalue weighted by Crippen LogP contribution is -2.38. The average molecular weight is 506 g/mol. The molecule has 1 aliphatic rings. The van der Waals surface area contributed by atoms with Crippen molar-refractivity contribution >= 4 is 22.8 Å². The summed E-state index contributed by atoms with van der Waals surface area (Å²) in [7, 11) is 0. The van der Waals surface area contributed by atoms with Gasteiger partial charge in [0, 0.05) is 23.4 Å². The van der Waals surface area contributed by atoms with E-state index in [0.29, 0.717) is 12.1 Å². The number of carbonyl (C=O) groups excluding carboxylic acids is 1. The lowest BCUT2D eigenvalue weighted by atomic mass is 9.84. The third-order valence-electron chi connectivity index (χ3n) is 7.34. The molecule has 4 aromatic rings. The van der Waals surface area contributed by atoms with E-state index in [1.54, 1.807) is 13.1 Å². The van der Waals surface area contributed by atoms with Crippen molar-refractivity contribution in [3.8, 4) is 23.0 Å². The van der Waals surface area contributed by atoms with Gasteiger partial charge in [0.05, 0.1) is 23.8 Å². The zero-order chi connectivity index (χ0) is 26.5. The van der Waals surface area contributed by atoms with Crippen LogP contribution in [0.5, 0.6) is 0 Å². The van der Waals surface area contributed by atoms with E-state index in [1.807, 2.05) is 35.0 Å². The molecule has 192 valence electrons. The number of amides is 1. The highest BCUT2D eigenvalue weighted by Gasteiger charge is 2.25. The minimum atomic E-state index is -0.752. The fourth-order valence-electron chi connectivity index (χ4n) is 5.38. The number of carbonyl (C=O) groups is 2. The second kappa shape index (κ2) is 11.4. The zero-order valence-electron chi connectivity index (χ0n) is 21.5. The molecule has 0 radical (unpaired) electrons. The molecule has 0 aliphatic heterocycles. The quantitative estimate of drug-likeness (QED) is 0.307. The number of hydrogen-bond acceptors (Lipinski definition) is 3. The van der Waals surface area contributed by atoms with Crippen LogP contribution in [-0.2, 0) is 11.3 Å². The molecule has 6 nitrogen and oxygen atoms in total. The molecule has 2 N–H and O–H groups in total. The van der Waals surface area contributed by atoms with Gasteiger partial charge in [-0.1, -0.05) is 60.5 Å². The third kappa shape index (κ3) is 5.63. The summed E-state index contributed by atoms with van der Waals surface area (Å²) in [5.41, 5.74) is 5.60. The fourth-order valence-corrected chi connectivity index (χ4v) is 5.38. The molecule has 38 heavy (non-hydrogen) atoms. The maximum Gasteiger partial charge on any atom is 0.303 e. The predicted octanol–water partition coefficient (Wildman–Crippen LogP) is 5.89. The molecule has 0 atom stereocenters. The Morgan fingerprint density at radius 3 is 2.37 bits per heavy atom.